The smallest absolute Gasteiger partial charge is 0.221 e. The monoisotopic (exact) mass is 305 g/mol. The molecule has 13 heavy (non-hydrogen) atoms. The van der Waals surface area contributed by atoms with Gasteiger partial charge in [0.25, 0.3) is 0 Å². The van der Waals surface area contributed by atoms with Gasteiger partial charge in [0.2, 0.25) is 5.91 Å². The van der Waals surface area contributed by atoms with Crippen LogP contribution in [0.15, 0.2) is 21.1 Å². The molecule has 0 spiro atoms. The van der Waals surface area contributed by atoms with E-state index < -0.39 is 0 Å². The van der Waals surface area contributed by atoms with E-state index in [0.717, 1.165) is 20.2 Å². The van der Waals surface area contributed by atoms with Crippen LogP contribution in [0.3, 0.4) is 0 Å². The first-order valence-electron chi connectivity index (χ1n) is 3.74. The first kappa shape index (κ1) is 10.7. The summed E-state index contributed by atoms with van der Waals surface area (Å²) in [6, 6.07) is 3.86. The number of anilines is 1. The molecule has 1 N–H and O–H groups in total. The Hall–Kier alpha value is -0.350. The van der Waals surface area contributed by atoms with Gasteiger partial charge in [-0.25, -0.2) is 0 Å². The summed E-state index contributed by atoms with van der Waals surface area (Å²) in [5.41, 5.74) is 1.85. The van der Waals surface area contributed by atoms with Crippen molar-refractivity contribution in [2.24, 2.45) is 0 Å². The lowest BCUT2D eigenvalue weighted by Crippen LogP contribution is -2.07. The van der Waals surface area contributed by atoms with Gasteiger partial charge >= 0.3 is 0 Å². The van der Waals surface area contributed by atoms with E-state index in [2.05, 4.69) is 37.2 Å². The molecule has 0 unspecified atom stereocenters. The van der Waals surface area contributed by atoms with Gasteiger partial charge in [-0.3, -0.25) is 4.79 Å². The van der Waals surface area contributed by atoms with Crippen LogP contribution in [-0.4, -0.2) is 5.91 Å². The van der Waals surface area contributed by atoms with Gasteiger partial charge in [0.05, 0.1) is 5.69 Å². The second-order valence-corrected chi connectivity index (χ2v) is 4.53. The molecular formula is C9H9Br2NO. The number of halogens is 2. The highest BCUT2D eigenvalue weighted by molar-refractivity contribution is 9.11. The molecule has 0 radical (unpaired) electrons. The fourth-order valence-corrected chi connectivity index (χ4v) is 2.57. The molecule has 1 amide bonds. The molecule has 0 heterocycles. The predicted octanol–water partition coefficient (Wildman–Crippen LogP) is 3.48. The summed E-state index contributed by atoms with van der Waals surface area (Å²) in [6.07, 6.45) is 0. The molecule has 0 aliphatic carbocycles. The molecule has 2 nitrogen and oxygen atoms in total. The van der Waals surface area contributed by atoms with E-state index in [0.29, 0.717) is 0 Å². The normalized spacial score (nSPS) is 9.85. The van der Waals surface area contributed by atoms with Crippen LogP contribution in [0.25, 0.3) is 0 Å². The molecule has 1 rings (SSSR count). The Labute approximate surface area is 94.0 Å². The fraction of sp³-hybridized carbons (Fsp3) is 0.222. The number of amides is 1. The molecule has 0 saturated heterocycles. The summed E-state index contributed by atoms with van der Waals surface area (Å²) in [6.45, 7) is 3.44. The van der Waals surface area contributed by atoms with Crippen LogP contribution in [0.1, 0.15) is 12.5 Å². The van der Waals surface area contributed by atoms with Gasteiger partial charge in [-0.1, -0.05) is 15.9 Å². The third-order valence-corrected chi connectivity index (χ3v) is 2.64. The molecule has 0 fully saturated rings. The van der Waals surface area contributed by atoms with E-state index in [9.17, 15) is 4.79 Å². The van der Waals surface area contributed by atoms with Gasteiger partial charge in [-0.05, 0) is 40.5 Å². The minimum atomic E-state index is -0.0638. The molecular weight excluding hydrogens is 298 g/mol. The maximum atomic E-state index is 10.9. The lowest BCUT2D eigenvalue weighted by Gasteiger charge is -2.09. The van der Waals surface area contributed by atoms with E-state index in [1.165, 1.54) is 6.92 Å². The summed E-state index contributed by atoms with van der Waals surface area (Å²) >= 11 is 6.75. The van der Waals surface area contributed by atoms with Gasteiger partial charge in [0.15, 0.2) is 0 Å². The van der Waals surface area contributed by atoms with Crippen LogP contribution < -0.4 is 5.32 Å². The summed E-state index contributed by atoms with van der Waals surface area (Å²) in [5, 5.41) is 2.76. The molecule has 0 aliphatic rings. The Balaban J connectivity index is 3.13. The summed E-state index contributed by atoms with van der Waals surface area (Å²) in [4.78, 5) is 10.9. The molecule has 1 aromatic carbocycles. The van der Waals surface area contributed by atoms with Crippen molar-refractivity contribution in [2.45, 2.75) is 13.8 Å². The van der Waals surface area contributed by atoms with Gasteiger partial charge < -0.3 is 5.32 Å². The minimum absolute atomic E-state index is 0.0638. The molecule has 0 saturated carbocycles. The van der Waals surface area contributed by atoms with Crippen LogP contribution >= 0.6 is 31.9 Å². The number of benzene rings is 1. The van der Waals surface area contributed by atoms with E-state index in [1.807, 2.05) is 19.1 Å². The van der Waals surface area contributed by atoms with Crippen molar-refractivity contribution in [3.8, 4) is 0 Å². The van der Waals surface area contributed by atoms with Gasteiger partial charge in [0, 0.05) is 15.9 Å². The second kappa shape index (κ2) is 4.24. The highest BCUT2D eigenvalue weighted by Gasteiger charge is 2.06. The molecule has 1 aromatic rings. The Morgan fingerprint density at radius 2 is 2.00 bits per heavy atom. The van der Waals surface area contributed by atoms with E-state index >= 15 is 0 Å². The third-order valence-electron chi connectivity index (χ3n) is 1.55. The summed E-state index contributed by atoms with van der Waals surface area (Å²) in [5.74, 6) is -0.0638. The number of rotatable bonds is 1. The lowest BCUT2D eigenvalue weighted by atomic mass is 10.2. The Morgan fingerprint density at radius 1 is 1.38 bits per heavy atom. The van der Waals surface area contributed by atoms with Crippen LogP contribution in [0.2, 0.25) is 0 Å². The molecule has 4 heteroatoms. The van der Waals surface area contributed by atoms with Crippen LogP contribution in [0, 0.1) is 6.92 Å². The molecule has 0 aromatic heterocycles. The van der Waals surface area contributed by atoms with Crippen molar-refractivity contribution in [3.05, 3.63) is 26.6 Å². The summed E-state index contributed by atoms with van der Waals surface area (Å²) in [7, 11) is 0. The topological polar surface area (TPSA) is 29.1 Å². The van der Waals surface area contributed by atoms with Crippen molar-refractivity contribution in [1.82, 2.24) is 0 Å². The Bertz CT molecular complexity index is 326. The zero-order valence-electron chi connectivity index (χ0n) is 7.32. The second-order valence-electron chi connectivity index (χ2n) is 2.76. The van der Waals surface area contributed by atoms with Crippen molar-refractivity contribution in [1.29, 1.82) is 0 Å². The Morgan fingerprint density at radius 3 is 2.46 bits per heavy atom. The lowest BCUT2D eigenvalue weighted by molar-refractivity contribution is -0.114. The molecule has 0 aliphatic heterocycles. The number of carbonyl (C=O) groups excluding carboxylic acids is 1. The number of carbonyl (C=O) groups is 1. The zero-order chi connectivity index (χ0) is 10.0. The van der Waals surface area contributed by atoms with Crippen molar-refractivity contribution < 1.29 is 4.79 Å². The van der Waals surface area contributed by atoms with Crippen LogP contribution in [0.4, 0.5) is 5.69 Å². The van der Waals surface area contributed by atoms with Crippen LogP contribution in [0.5, 0.6) is 0 Å². The van der Waals surface area contributed by atoms with E-state index in [1.54, 1.807) is 0 Å². The predicted molar refractivity (Wildman–Crippen MR) is 60.9 cm³/mol. The van der Waals surface area contributed by atoms with Gasteiger partial charge in [0.1, 0.15) is 0 Å². The fourth-order valence-electron chi connectivity index (χ4n) is 1.04. The van der Waals surface area contributed by atoms with Gasteiger partial charge in [-0.2, -0.15) is 0 Å². The van der Waals surface area contributed by atoms with E-state index in [4.69, 9.17) is 0 Å². The first-order chi connectivity index (χ1) is 6.00. The van der Waals surface area contributed by atoms with Crippen LogP contribution in [-0.2, 0) is 4.79 Å². The SMILES string of the molecule is CC(=O)Nc1c(C)cc(Br)cc1Br. The number of nitrogens with one attached hydrogen (secondary N) is 1. The number of hydrogen-bond donors (Lipinski definition) is 1. The van der Waals surface area contributed by atoms with Crippen molar-refractivity contribution in [3.63, 3.8) is 0 Å². The third kappa shape index (κ3) is 2.81. The summed E-state index contributed by atoms with van der Waals surface area (Å²) < 4.78 is 1.88. The number of hydrogen-bond acceptors (Lipinski definition) is 1. The maximum Gasteiger partial charge on any atom is 0.221 e. The largest absolute Gasteiger partial charge is 0.325 e. The number of aryl methyl sites for hydroxylation is 1. The van der Waals surface area contributed by atoms with Crippen molar-refractivity contribution in [2.75, 3.05) is 5.32 Å². The minimum Gasteiger partial charge on any atom is -0.325 e. The quantitative estimate of drug-likeness (QED) is 0.845. The molecule has 0 bridgehead atoms. The standard InChI is InChI=1S/C9H9Br2NO/c1-5-3-7(10)4-8(11)9(5)12-6(2)13/h3-4H,1-2H3,(H,12,13). The molecule has 70 valence electrons. The average Bonchev–Trinajstić information content (AvgIpc) is 1.96. The average molecular weight is 307 g/mol. The highest BCUT2D eigenvalue weighted by atomic mass is 79.9. The Kier molecular flexibility index (Phi) is 3.50. The van der Waals surface area contributed by atoms with E-state index in [-0.39, 0.29) is 5.91 Å². The highest BCUT2D eigenvalue weighted by Crippen LogP contribution is 2.29. The molecule has 0 atom stereocenters. The van der Waals surface area contributed by atoms with Gasteiger partial charge in [-0.15, -0.1) is 0 Å². The first-order valence-corrected chi connectivity index (χ1v) is 5.32. The maximum absolute atomic E-state index is 10.9. The van der Waals surface area contributed by atoms with Crippen molar-refractivity contribution >= 4 is 43.5 Å². The zero-order valence-corrected chi connectivity index (χ0v) is 10.5.